The first-order chi connectivity index (χ1) is 27.6. The molecule has 4 atom stereocenters. The Hall–Kier alpha value is -2.63. The van der Waals surface area contributed by atoms with Crippen molar-refractivity contribution in [3.63, 3.8) is 0 Å². The normalized spacial score (nSPS) is 15.1. The molecule has 5 N–H and O–H groups in total. The highest BCUT2D eigenvalue weighted by atomic mass is 31.2. The summed E-state index contributed by atoms with van der Waals surface area (Å²) in [4.78, 5) is 34.9. The van der Waals surface area contributed by atoms with Crippen molar-refractivity contribution in [1.82, 2.24) is 0 Å². The number of ether oxygens (including phenoxy) is 2. The van der Waals surface area contributed by atoms with Gasteiger partial charge in [0.2, 0.25) is 0 Å². The molecule has 0 saturated heterocycles. The van der Waals surface area contributed by atoms with Gasteiger partial charge in [0, 0.05) is 19.4 Å². The average molecular weight is 824 g/mol. The topological polar surface area (TPSA) is 175 Å². The lowest BCUT2D eigenvalue weighted by Gasteiger charge is -2.20. The zero-order valence-electron chi connectivity index (χ0n) is 35.3. The van der Waals surface area contributed by atoms with Crippen molar-refractivity contribution in [2.24, 2.45) is 5.73 Å². The van der Waals surface area contributed by atoms with Crippen LogP contribution in [0.2, 0.25) is 0 Å². The summed E-state index contributed by atoms with van der Waals surface area (Å²) in [5, 5.41) is 20.1. The number of carbonyl (C=O) groups excluding carboxylic acids is 2. The Bertz CT molecular complexity index is 1200. The highest BCUT2D eigenvalue weighted by Crippen LogP contribution is 2.43. The second-order valence-electron chi connectivity index (χ2n) is 14.3. The number of allylic oxidation sites excluding steroid dienone is 10. The minimum absolute atomic E-state index is 0.0157. The second kappa shape index (κ2) is 40.2. The number of unbranched alkanes of at least 4 members (excludes halogenated alkanes) is 12. The number of nitrogens with two attached hydrogens (primary N) is 1. The van der Waals surface area contributed by atoms with Gasteiger partial charge in [0.25, 0.3) is 0 Å². The number of rotatable bonds is 39. The predicted molar refractivity (Wildman–Crippen MR) is 231 cm³/mol. The molecule has 0 rings (SSSR count). The molecule has 0 amide bonds. The maximum atomic E-state index is 12.6. The van der Waals surface area contributed by atoms with Crippen molar-refractivity contribution >= 4 is 19.8 Å². The molecule has 0 aromatic rings. The lowest BCUT2D eigenvalue weighted by atomic mass is 10.1. The van der Waals surface area contributed by atoms with Crippen LogP contribution in [0.5, 0.6) is 0 Å². The predicted octanol–water partition coefficient (Wildman–Crippen LogP) is 10.2. The van der Waals surface area contributed by atoms with Crippen LogP contribution in [0.4, 0.5) is 0 Å². The van der Waals surface area contributed by atoms with Crippen LogP contribution in [-0.2, 0) is 32.7 Å². The second-order valence-corrected chi connectivity index (χ2v) is 15.7. The molecular weight excluding hydrogens is 745 g/mol. The molecule has 0 spiro atoms. The first-order valence-electron chi connectivity index (χ1n) is 21.6. The van der Waals surface area contributed by atoms with E-state index in [9.17, 15) is 29.3 Å². The summed E-state index contributed by atoms with van der Waals surface area (Å²) in [7, 11) is -4.44. The molecule has 0 bridgehead atoms. The van der Waals surface area contributed by atoms with E-state index in [2.05, 4.69) is 38.2 Å². The van der Waals surface area contributed by atoms with Crippen LogP contribution in [0.3, 0.4) is 0 Å². The summed E-state index contributed by atoms with van der Waals surface area (Å²) in [6, 6.07) is 0. The van der Waals surface area contributed by atoms with Gasteiger partial charge in [0.1, 0.15) is 6.61 Å². The first kappa shape index (κ1) is 54.4. The van der Waals surface area contributed by atoms with E-state index in [0.29, 0.717) is 25.7 Å². The van der Waals surface area contributed by atoms with E-state index in [1.54, 1.807) is 18.2 Å². The maximum absolute atomic E-state index is 12.6. The highest BCUT2D eigenvalue weighted by molar-refractivity contribution is 7.47. The third-order valence-corrected chi connectivity index (χ3v) is 9.76. The van der Waals surface area contributed by atoms with Crippen molar-refractivity contribution in [2.45, 2.75) is 173 Å². The maximum Gasteiger partial charge on any atom is 0.472 e. The third-order valence-electron chi connectivity index (χ3n) is 8.77. The Morgan fingerprint density at radius 2 is 1.14 bits per heavy atom. The minimum atomic E-state index is -4.44. The molecule has 0 aliphatic heterocycles. The van der Waals surface area contributed by atoms with Gasteiger partial charge in [-0.3, -0.25) is 18.6 Å². The van der Waals surface area contributed by atoms with E-state index < -0.39 is 44.7 Å². The van der Waals surface area contributed by atoms with E-state index in [1.807, 2.05) is 30.4 Å². The van der Waals surface area contributed by atoms with Crippen LogP contribution in [0.1, 0.15) is 155 Å². The van der Waals surface area contributed by atoms with Crippen LogP contribution >= 0.6 is 7.82 Å². The van der Waals surface area contributed by atoms with E-state index in [1.165, 1.54) is 38.5 Å². The Labute approximate surface area is 345 Å². The molecule has 0 saturated carbocycles. The number of aliphatic hydroxyl groups excluding tert-OH is 2. The molecule has 0 heterocycles. The molecule has 0 aromatic heterocycles. The largest absolute Gasteiger partial charge is 0.472 e. The van der Waals surface area contributed by atoms with Gasteiger partial charge in [-0.1, -0.05) is 151 Å². The molecule has 0 aromatic carbocycles. The van der Waals surface area contributed by atoms with Gasteiger partial charge in [-0.05, 0) is 64.2 Å². The van der Waals surface area contributed by atoms with Crippen molar-refractivity contribution in [3.8, 4) is 0 Å². The lowest BCUT2D eigenvalue weighted by molar-refractivity contribution is -0.161. The van der Waals surface area contributed by atoms with Crippen LogP contribution in [0, 0.1) is 0 Å². The van der Waals surface area contributed by atoms with Crippen LogP contribution in [0.15, 0.2) is 72.9 Å². The SMILES string of the molecule is CCCCC/C=C\C/C=C\CCCCCCCCCC(=O)O[C@H](COC(=O)CCC[C@@H](O)/C=C/C=C\C/C=C\C=C\[C@@H](O)CCCCC)COP(=O)(O)OCCN. The molecule has 11 nitrogen and oxygen atoms in total. The van der Waals surface area contributed by atoms with Crippen molar-refractivity contribution in [2.75, 3.05) is 26.4 Å². The van der Waals surface area contributed by atoms with Crippen molar-refractivity contribution < 1.29 is 47.8 Å². The Morgan fingerprint density at radius 1 is 0.614 bits per heavy atom. The number of carbonyl (C=O) groups is 2. The van der Waals surface area contributed by atoms with Crippen molar-refractivity contribution in [1.29, 1.82) is 0 Å². The minimum Gasteiger partial charge on any atom is -0.462 e. The summed E-state index contributed by atoms with van der Waals surface area (Å²) in [6.45, 7) is 3.32. The number of phosphoric ester groups is 1. The first-order valence-corrected chi connectivity index (χ1v) is 23.1. The van der Waals surface area contributed by atoms with Crippen molar-refractivity contribution in [3.05, 3.63) is 72.9 Å². The monoisotopic (exact) mass is 824 g/mol. The molecule has 1 unspecified atom stereocenters. The molecule has 0 aliphatic carbocycles. The van der Waals surface area contributed by atoms with E-state index in [0.717, 1.165) is 64.2 Å². The quantitative estimate of drug-likeness (QED) is 0.0153. The number of phosphoric acid groups is 1. The fourth-order valence-electron chi connectivity index (χ4n) is 5.47. The van der Waals surface area contributed by atoms with Crippen LogP contribution < -0.4 is 5.73 Å². The molecule has 328 valence electrons. The van der Waals surface area contributed by atoms with E-state index >= 15 is 0 Å². The zero-order valence-corrected chi connectivity index (χ0v) is 36.2. The van der Waals surface area contributed by atoms with Gasteiger partial charge in [-0.25, -0.2) is 4.57 Å². The Kier molecular flexibility index (Phi) is 38.3. The number of hydrogen-bond acceptors (Lipinski definition) is 10. The number of aliphatic hydroxyl groups is 2. The summed E-state index contributed by atoms with van der Waals surface area (Å²) < 4.78 is 32.6. The Morgan fingerprint density at radius 3 is 1.75 bits per heavy atom. The van der Waals surface area contributed by atoms with Gasteiger partial charge >= 0.3 is 19.8 Å². The van der Waals surface area contributed by atoms with Gasteiger partial charge in [-0.2, -0.15) is 0 Å². The van der Waals surface area contributed by atoms with Gasteiger partial charge in [0.05, 0.1) is 25.4 Å². The van der Waals surface area contributed by atoms with Crippen LogP contribution in [0.25, 0.3) is 0 Å². The fraction of sp³-hybridized carbons (Fsp3) is 0.689. The molecule has 0 aliphatic rings. The fourth-order valence-corrected chi connectivity index (χ4v) is 6.23. The average Bonchev–Trinajstić information content (AvgIpc) is 3.18. The molecular formula is C45H78NO10P. The molecule has 0 fully saturated rings. The standard InChI is InChI=1S/C45H78NO10P/c1-3-5-7-8-9-10-11-12-13-14-15-16-17-18-22-25-29-35-45(50)56-43(40-55-57(51,52)54-38-37-46)39-53-44(49)36-30-34-42(48)33-28-24-21-19-20-23-27-32-41(47)31-26-6-4-2/h9-10,12-13,20-21,23-24,27-28,32-33,41-43,47-48H,3-8,11,14-19,22,25-26,29-31,34-40,46H2,1-2H3,(H,51,52)/b10-9-,13-12-,23-20-,24-21-,32-27+,33-28+/t41-,42-,43+/m0/s1. The smallest absolute Gasteiger partial charge is 0.462 e. The summed E-state index contributed by atoms with van der Waals surface area (Å²) in [6.07, 6.45) is 41.4. The lowest BCUT2D eigenvalue weighted by Crippen LogP contribution is -2.29. The molecule has 57 heavy (non-hydrogen) atoms. The molecule has 0 radical (unpaired) electrons. The van der Waals surface area contributed by atoms with E-state index in [4.69, 9.17) is 24.3 Å². The van der Waals surface area contributed by atoms with Crippen LogP contribution in [-0.4, -0.2) is 71.7 Å². The summed E-state index contributed by atoms with van der Waals surface area (Å²) >= 11 is 0. The third kappa shape index (κ3) is 40.0. The number of esters is 2. The number of hydrogen-bond donors (Lipinski definition) is 4. The zero-order chi connectivity index (χ0) is 42.1. The summed E-state index contributed by atoms with van der Waals surface area (Å²) in [5.74, 6) is -1.07. The van der Waals surface area contributed by atoms with Gasteiger partial charge in [0.15, 0.2) is 6.10 Å². The summed E-state index contributed by atoms with van der Waals surface area (Å²) in [5.41, 5.74) is 5.33. The molecule has 12 heteroatoms. The Balaban J connectivity index is 4.42. The van der Waals surface area contributed by atoms with E-state index in [-0.39, 0.29) is 32.6 Å². The van der Waals surface area contributed by atoms with Gasteiger partial charge < -0.3 is 30.3 Å². The highest BCUT2D eigenvalue weighted by Gasteiger charge is 2.26. The van der Waals surface area contributed by atoms with Gasteiger partial charge in [-0.15, -0.1) is 0 Å².